The number of fused-ring (bicyclic) bond motifs is 3. The molecule has 0 fully saturated rings. The van der Waals surface area contributed by atoms with Crippen molar-refractivity contribution in [3.05, 3.63) is 70.8 Å². The first-order valence-electron chi connectivity index (χ1n) is 12.5. The van der Waals surface area contributed by atoms with Crippen LogP contribution in [0.15, 0.2) is 58.5 Å². The fourth-order valence-electron chi connectivity index (χ4n) is 4.22. The molecule has 0 aliphatic carbocycles. The van der Waals surface area contributed by atoms with Crippen LogP contribution in [0.4, 0.5) is 11.4 Å². The van der Waals surface area contributed by atoms with Gasteiger partial charge in [0.2, 0.25) is 0 Å². The molecule has 0 bridgehead atoms. The minimum atomic E-state index is -3.79. The van der Waals surface area contributed by atoms with Gasteiger partial charge in [-0.05, 0) is 0 Å². The van der Waals surface area contributed by atoms with Crippen LogP contribution in [0.25, 0.3) is 0 Å². The summed E-state index contributed by atoms with van der Waals surface area (Å²) in [6, 6.07) is 15.6. The summed E-state index contributed by atoms with van der Waals surface area (Å²) in [5, 5.41) is 0. The van der Waals surface area contributed by atoms with Crippen LogP contribution >= 0.6 is 8.32 Å². The summed E-state index contributed by atoms with van der Waals surface area (Å²) in [4.78, 5) is 9.61. The predicted octanol–water partition coefficient (Wildman–Crippen LogP) is 7.79. The number of hydrogen-bond donors (Lipinski definition) is 0. The maximum atomic E-state index is 7.02. The molecule has 6 nitrogen and oxygen atoms in total. The molecule has 8 heteroatoms. The van der Waals surface area contributed by atoms with Crippen molar-refractivity contribution in [2.75, 3.05) is 14.2 Å². The molecule has 0 saturated carbocycles. The molecule has 3 aromatic carbocycles. The van der Waals surface area contributed by atoms with Gasteiger partial charge in [-0.15, -0.1) is 0 Å². The van der Waals surface area contributed by atoms with Crippen molar-refractivity contribution >= 4 is 54.5 Å². The average molecular weight is 726 g/mol. The summed E-state index contributed by atoms with van der Waals surface area (Å²) < 4.78 is 24.4. The number of methoxy groups -OCH3 is 2. The fraction of sp³-hybridized carbons (Fsp3) is 0.333. The third-order valence-electron chi connectivity index (χ3n) is 6.26. The van der Waals surface area contributed by atoms with Gasteiger partial charge in [0.15, 0.2) is 0 Å². The van der Waals surface area contributed by atoms with Gasteiger partial charge in [0.25, 0.3) is 0 Å². The summed E-state index contributed by atoms with van der Waals surface area (Å²) >= 11 is -3.79. The summed E-state index contributed by atoms with van der Waals surface area (Å²) in [5.41, 5.74) is 4.45. The molecular weight excluding hydrogens is 692 g/mol. The molecule has 0 atom stereocenters. The van der Waals surface area contributed by atoms with Gasteiger partial charge in [-0.1, -0.05) is 0 Å². The van der Waals surface area contributed by atoms with Crippen LogP contribution in [0.2, 0.25) is 0 Å². The number of benzene rings is 3. The van der Waals surface area contributed by atoms with E-state index in [1.165, 1.54) is 0 Å². The second kappa shape index (κ2) is 11.3. The summed E-state index contributed by atoms with van der Waals surface area (Å²) in [7, 11) is 10.3. The van der Waals surface area contributed by atoms with Crippen LogP contribution in [-0.4, -0.2) is 49.0 Å². The van der Waals surface area contributed by atoms with Crippen LogP contribution in [0.5, 0.6) is 23.0 Å². The molecular formula is C30H34ClN2O4Tl. The van der Waals surface area contributed by atoms with Gasteiger partial charge < -0.3 is 0 Å². The molecule has 4 rings (SSSR count). The quantitative estimate of drug-likeness (QED) is 0.253. The monoisotopic (exact) mass is 726 g/mol. The molecule has 3 aromatic rings. The Morgan fingerprint density at radius 3 is 1.42 bits per heavy atom. The van der Waals surface area contributed by atoms with E-state index in [2.05, 4.69) is 41.5 Å². The van der Waals surface area contributed by atoms with E-state index in [4.69, 9.17) is 33.1 Å². The first kappa shape index (κ1) is 28.4. The second-order valence-corrected chi connectivity index (χ2v) is 18.3. The molecule has 38 heavy (non-hydrogen) atoms. The molecule has 0 amide bonds. The molecule has 198 valence electrons. The molecule has 0 spiro atoms. The zero-order chi connectivity index (χ0) is 27.7. The maximum absolute atomic E-state index is 7.02. The second-order valence-electron chi connectivity index (χ2n) is 11.2. The molecule has 1 heterocycles. The van der Waals surface area contributed by atoms with Gasteiger partial charge >= 0.3 is 240 Å². The van der Waals surface area contributed by atoms with E-state index >= 15 is 0 Å². The molecule has 0 unspecified atom stereocenters. The Labute approximate surface area is 238 Å². The molecule has 0 N–H and O–H groups in total. The third kappa shape index (κ3) is 6.34. The number of aliphatic imine (C=N–C) groups is 2. The standard InChI is InChI=1S/C30H36N2O4.ClH.Tl/c1-29(2,3)23-15-21(35-7)13-19(27(23)33)17-31-25-11-9-10-12-26(25)32-18-20-14-22(36-8)16-24(28(20)34)30(4,5)6;;/h9-18,33-34H,1-8H3;1H;/q;;+3/p-3. The van der Waals surface area contributed by atoms with Crippen molar-refractivity contribution in [1.29, 1.82) is 0 Å². The minimum absolute atomic E-state index is 0.242. The molecule has 0 aromatic heterocycles. The van der Waals surface area contributed by atoms with E-state index in [0.717, 1.165) is 45.1 Å². The number of halogens is 1. The van der Waals surface area contributed by atoms with Gasteiger partial charge in [0, 0.05) is 0 Å². The number of nitrogens with zero attached hydrogens (tertiary/aromatic N) is 2. The van der Waals surface area contributed by atoms with Gasteiger partial charge in [-0.25, -0.2) is 0 Å². The van der Waals surface area contributed by atoms with E-state index in [1.807, 2.05) is 48.5 Å². The van der Waals surface area contributed by atoms with E-state index in [9.17, 15) is 0 Å². The molecule has 1 aliphatic heterocycles. The normalized spacial score (nSPS) is 13.6. The van der Waals surface area contributed by atoms with Crippen LogP contribution in [0, 0.1) is 0 Å². The number of hydrogen-bond acceptors (Lipinski definition) is 6. The zero-order valence-corrected chi connectivity index (χ0v) is 28.5. The Hall–Kier alpha value is -2.59. The fourth-order valence-corrected chi connectivity index (χ4v) is 9.46. The van der Waals surface area contributed by atoms with Crippen LogP contribution < -0.4 is 14.8 Å². The van der Waals surface area contributed by atoms with E-state index in [-0.39, 0.29) is 10.8 Å². The summed E-state index contributed by atoms with van der Waals surface area (Å²) in [6.45, 7) is 12.8. The van der Waals surface area contributed by atoms with Gasteiger partial charge in [-0.2, -0.15) is 0 Å². The number of ether oxygens (including phenoxy) is 2. The van der Waals surface area contributed by atoms with E-state index in [1.54, 1.807) is 26.6 Å². The molecule has 0 radical (unpaired) electrons. The van der Waals surface area contributed by atoms with Crippen molar-refractivity contribution < 1.29 is 14.8 Å². The summed E-state index contributed by atoms with van der Waals surface area (Å²) in [5.74, 6) is 2.79. The first-order valence-corrected chi connectivity index (χ1v) is 21.7. The van der Waals surface area contributed by atoms with Crippen LogP contribution in [-0.2, 0) is 10.8 Å². The SMILES string of the molecule is COc1cc2c(c(C(C)(C)C)c1)[O][Tl]([Cl])[O]c1c(cc(OC)cc1C(C)(C)C)C=Nc1ccccc1N=C2. The first-order chi connectivity index (χ1) is 17.9. The van der Waals surface area contributed by atoms with Crippen molar-refractivity contribution in [3.8, 4) is 23.0 Å². The molecule has 0 saturated heterocycles. The molecule has 1 aliphatic rings. The van der Waals surface area contributed by atoms with Crippen molar-refractivity contribution in [3.63, 3.8) is 0 Å². The van der Waals surface area contributed by atoms with Gasteiger partial charge in [0.1, 0.15) is 0 Å². The summed E-state index contributed by atoms with van der Waals surface area (Å²) in [6.07, 6.45) is 3.57. The number of para-hydroxylation sites is 2. The van der Waals surface area contributed by atoms with Gasteiger partial charge in [-0.3, -0.25) is 0 Å². The Morgan fingerprint density at radius 1 is 0.684 bits per heavy atom. The Balaban J connectivity index is 2.01. The average Bonchev–Trinajstić information content (AvgIpc) is 2.86. The Bertz CT molecular complexity index is 1290. The van der Waals surface area contributed by atoms with Crippen molar-refractivity contribution in [2.24, 2.45) is 9.98 Å². The van der Waals surface area contributed by atoms with Gasteiger partial charge in [0.05, 0.1) is 0 Å². The van der Waals surface area contributed by atoms with Crippen molar-refractivity contribution in [2.45, 2.75) is 52.4 Å². The predicted molar refractivity (Wildman–Crippen MR) is 157 cm³/mol. The Morgan fingerprint density at radius 2 is 1.08 bits per heavy atom. The zero-order valence-electron chi connectivity index (χ0n) is 23.3. The Kier molecular flexibility index (Phi) is 8.42. The van der Waals surface area contributed by atoms with Crippen LogP contribution in [0.3, 0.4) is 0 Å². The van der Waals surface area contributed by atoms with E-state index in [0.29, 0.717) is 11.5 Å². The third-order valence-corrected chi connectivity index (χ3v) is 11.1. The topological polar surface area (TPSA) is 61.6 Å². The van der Waals surface area contributed by atoms with Crippen molar-refractivity contribution in [1.82, 2.24) is 0 Å². The van der Waals surface area contributed by atoms with Crippen LogP contribution in [0.1, 0.15) is 63.8 Å². The van der Waals surface area contributed by atoms with E-state index < -0.39 is 22.4 Å². The number of rotatable bonds is 2.